The number of fused-ring (bicyclic) bond motifs is 2. The third-order valence-electron chi connectivity index (χ3n) is 3.91. The first-order chi connectivity index (χ1) is 10.8. The minimum atomic E-state index is 0.689. The molecule has 0 aliphatic carbocycles. The van der Waals surface area contributed by atoms with E-state index in [2.05, 4.69) is 42.5 Å². The lowest BCUT2D eigenvalue weighted by molar-refractivity contribution is 0.341. The first-order valence-corrected chi connectivity index (χ1v) is 7.48. The van der Waals surface area contributed by atoms with Gasteiger partial charge in [0.1, 0.15) is 11.3 Å². The maximum Gasteiger partial charge on any atom is 0.133 e. The van der Waals surface area contributed by atoms with Gasteiger partial charge in [-0.3, -0.25) is 0 Å². The standard InChI is InChI=1S/C20H16O2/c1-2-21-19-7-5-15-11-14(3-4-17(15)13-19)16-6-8-20-18(12-16)9-10-22-20/h3-13H,2H2,1H3. The number of rotatable bonds is 3. The Bertz CT molecular complexity index is 950. The van der Waals surface area contributed by atoms with E-state index in [4.69, 9.17) is 9.15 Å². The van der Waals surface area contributed by atoms with Crippen LogP contribution in [0.5, 0.6) is 5.75 Å². The lowest BCUT2D eigenvalue weighted by Gasteiger charge is -2.07. The summed E-state index contributed by atoms with van der Waals surface area (Å²) in [7, 11) is 0. The van der Waals surface area contributed by atoms with E-state index in [1.54, 1.807) is 6.26 Å². The molecule has 0 aliphatic heterocycles. The fraction of sp³-hybridized carbons (Fsp3) is 0.100. The lowest BCUT2D eigenvalue weighted by atomic mass is 10.0. The fourth-order valence-corrected chi connectivity index (χ4v) is 2.81. The van der Waals surface area contributed by atoms with Gasteiger partial charge in [0.2, 0.25) is 0 Å². The van der Waals surface area contributed by atoms with Crippen LogP contribution in [0.15, 0.2) is 71.3 Å². The second kappa shape index (κ2) is 5.23. The van der Waals surface area contributed by atoms with Crippen LogP contribution >= 0.6 is 0 Å². The van der Waals surface area contributed by atoms with Crippen molar-refractivity contribution in [3.8, 4) is 16.9 Å². The summed E-state index contributed by atoms with van der Waals surface area (Å²) in [5, 5.41) is 3.54. The summed E-state index contributed by atoms with van der Waals surface area (Å²) in [6.07, 6.45) is 1.73. The quantitative estimate of drug-likeness (QED) is 0.486. The predicted molar refractivity (Wildman–Crippen MR) is 90.3 cm³/mol. The van der Waals surface area contributed by atoms with Gasteiger partial charge in [-0.25, -0.2) is 0 Å². The molecule has 0 fully saturated rings. The Morgan fingerprint density at radius 1 is 0.773 bits per heavy atom. The first-order valence-electron chi connectivity index (χ1n) is 7.48. The molecule has 0 N–H and O–H groups in total. The molecule has 4 aromatic rings. The summed E-state index contributed by atoms with van der Waals surface area (Å²) in [5.41, 5.74) is 3.33. The Morgan fingerprint density at radius 2 is 1.50 bits per heavy atom. The predicted octanol–water partition coefficient (Wildman–Crippen LogP) is 5.65. The molecule has 0 amide bonds. The van der Waals surface area contributed by atoms with Crippen LogP contribution in [-0.2, 0) is 0 Å². The first kappa shape index (κ1) is 13.0. The Balaban J connectivity index is 1.79. The number of hydrogen-bond donors (Lipinski definition) is 0. The number of hydrogen-bond acceptors (Lipinski definition) is 2. The van der Waals surface area contributed by atoms with E-state index in [0.717, 1.165) is 16.7 Å². The van der Waals surface area contributed by atoms with E-state index < -0.39 is 0 Å². The summed E-state index contributed by atoms with van der Waals surface area (Å²) in [6.45, 7) is 2.69. The maximum atomic E-state index is 5.56. The van der Waals surface area contributed by atoms with Gasteiger partial charge in [0.25, 0.3) is 0 Å². The summed E-state index contributed by atoms with van der Waals surface area (Å²) < 4.78 is 11.0. The van der Waals surface area contributed by atoms with E-state index in [9.17, 15) is 0 Å². The highest BCUT2D eigenvalue weighted by molar-refractivity contribution is 5.90. The van der Waals surface area contributed by atoms with Crippen molar-refractivity contribution in [1.82, 2.24) is 0 Å². The van der Waals surface area contributed by atoms with Crippen LogP contribution in [0.2, 0.25) is 0 Å². The molecule has 0 radical (unpaired) electrons. The SMILES string of the molecule is CCOc1ccc2cc(-c3ccc4occc4c3)ccc2c1. The van der Waals surface area contributed by atoms with Crippen molar-refractivity contribution in [2.45, 2.75) is 6.92 Å². The van der Waals surface area contributed by atoms with E-state index in [1.165, 1.54) is 21.9 Å². The third-order valence-corrected chi connectivity index (χ3v) is 3.91. The van der Waals surface area contributed by atoms with E-state index in [-0.39, 0.29) is 0 Å². The Morgan fingerprint density at radius 3 is 2.36 bits per heavy atom. The normalized spacial score (nSPS) is 11.1. The monoisotopic (exact) mass is 288 g/mol. The highest BCUT2D eigenvalue weighted by Gasteiger charge is 2.04. The molecule has 1 aromatic heterocycles. The molecule has 0 atom stereocenters. The van der Waals surface area contributed by atoms with Gasteiger partial charge >= 0.3 is 0 Å². The molecular formula is C20H16O2. The Labute approximate surface area is 128 Å². The van der Waals surface area contributed by atoms with Gasteiger partial charge in [-0.1, -0.05) is 24.3 Å². The molecule has 3 aromatic carbocycles. The molecule has 1 heterocycles. The summed E-state index contributed by atoms with van der Waals surface area (Å²) >= 11 is 0. The summed E-state index contributed by atoms with van der Waals surface area (Å²) in [6, 6.07) is 21.0. The summed E-state index contributed by atoms with van der Waals surface area (Å²) in [4.78, 5) is 0. The van der Waals surface area contributed by atoms with Crippen molar-refractivity contribution in [3.63, 3.8) is 0 Å². The Hall–Kier alpha value is -2.74. The fourth-order valence-electron chi connectivity index (χ4n) is 2.81. The van der Waals surface area contributed by atoms with Gasteiger partial charge in [-0.2, -0.15) is 0 Å². The number of ether oxygens (including phenoxy) is 1. The van der Waals surface area contributed by atoms with Crippen molar-refractivity contribution < 1.29 is 9.15 Å². The van der Waals surface area contributed by atoms with Crippen molar-refractivity contribution in [2.75, 3.05) is 6.61 Å². The zero-order valence-corrected chi connectivity index (χ0v) is 12.4. The highest BCUT2D eigenvalue weighted by Crippen LogP contribution is 2.29. The third kappa shape index (κ3) is 2.23. The molecule has 0 spiro atoms. The minimum Gasteiger partial charge on any atom is -0.494 e. The van der Waals surface area contributed by atoms with Gasteiger partial charge in [-0.15, -0.1) is 0 Å². The average Bonchev–Trinajstić information content (AvgIpc) is 3.02. The number of furan rings is 1. The Kier molecular flexibility index (Phi) is 3.08. The van der Waals surface area contributed by atoms with Crippen LogP contribution in [-0.4, -0.2) is 6.61 Å². The number of benzene rings is 3. The van der Waals surface area contributed by atoms with Crippen molar-refractivity contribution in [2.24, 2.45) is 0 Å². The molecule has 22 heavy (non-hydrogen) atoms. The van der Waals surface area contributed by atoms with E-state index in [1.807, 2.05) is 25.1 Å². The van der Waals surface area contributed by atoms with Crippen LogP contribution in [0.25, 0.3) is 32.9 Å². The molecule has 4 rings (SSSR count). The summed E-state index contributed by atoms with van der Waals surface area (Å²) in [5.74, 6) is 0.919. The van der Waals surface area contributed by atoms with Crippen molar-refractivity contribution >= 4 is 21.7 Å². The molecule has 0 bridgehead atoms. The molecule has 0 saturated carbocycles. The molecular weight excluding hydrogens is 272 g/mol. The molecule has 0 saturated heterocycles. The molecule has 108 valence electrons. The van der Waals surface area contributed by atoms with Gasteiger partial charge in [-0.05, 0) is 65.2 Å². The second-order valence-electron chi connectivity index (χ2n) is 5.33. The zero-order chi connectivity index (χ0) is 14.9. The van der Waals surface area contributed by atoms with Crippen LogP contribution in [0.4, 0.5) is 0 Å². The van der Waals surface area contributed by atoms with Gasteiger partial charge in [0.15, 0.2) is 0 Å². The molecule has 2 heteroatoms. The average molecular weight is 288 g/mol. The molecule has 2 nitrogen and oxygen atoms in total. The second-order valence-corrected chi connectivity index (χ2v) is 5.33. The van der Waals surface area contributed by atoms with Gasteiger partial charge in [0.05, 0.1) is 12.9 Å². The van der Waals surface area contributed by atoms with Crippen LogP contribution in [0, 0.1) is 0 Å². The van der Waals surface area contributed by atoms with E-state index >= 15 is 0 Å². The molecule has 0 unspecified atom stereocenters. The van der Waals surface area contributed by atoms with Crippen molar-refractivity contribution in [1.29, 1.82) is 0 Å². The van der Waals surface area contributed by atoms with Gasteiger partial charge in [0, 0.05) is 5.39 Å². The zero-order valence-electron chi connectivity index (χ0n) is 12.4. The largest absolute Gasteiger partial charge is 0.494 e. The van der Waals surface area contributed by atoms with Crippen molar-refractivity contribution in [3.05, 3.63) is 66.9 Å². The van der Waals surface area contributed by atoms with Crippen LogP contribution < -0.4 is 4.74 Å². The van der Waals surface area contributed by atoms with Crippen LogP contribution in [0.3, 0.4) is 0 Å². The topological polar surface area (TPSA) is 22.4 Å². The lowest BCUT2D eigenvalue weighted by Crippen LogP contribution is -1.90. The molecule has 0 aliphatic rings. The van der Waals surface area contributed by atoms with Crippen LogP contribution in [0.1, 0.15) is 6.92 Å². The van der Waals surface area contributed by atoms with E-state index in [0.29, 0.717) is 6.61 Å². The maximum absolute atomic E-state index is 5.56. The minimum absolute atomic E-state index is 0.689. The van der Waals surface area contributed by atoms with Gasteiger partial charge < -0.3 is 9.15 Å². The smallest absolute Gasteiger partial charge is 0.133 e. The highest BCUT2D eigenvalue weighted by atomic mass is 16.5.